The number of carbonyl (C=O) groups is 1. The van der Waals surface area contributed by atoms with E-state index in [1.807, 2.05) is 0 Å². The van der Waals surface area contributed by atoms with Crippen molar-refractivity contribution in [3.63, 3.8) is 0 Å². The van der Waals surface area contributed by atoms with E-state index in [-0.39, 0.29) is 5.97 Å². The van der Waals surface area contributed by atoms with Crippen LogP contribution in [0, 0.1) is 5.92 Å². The summed E-state index contributed by atoms with van der Waals surface area (Å²) in [6.07, 6.45) is 6.98. The van der Waals surface area contributed by atoms with E-state index in [2.05, 4.69) is 4.74 Å². The topological polar surface area (TPSA) is 26.3 Å². The van der Waals surface area contributed by atoms with Crippen LogP contribution in [-0.4, -0.2) is 13.1 Å². The Kier molecular flexibility index (Phi) is 3.40. The normalized spacial score (nSPS) is 17.5. The van der Waals surface area contributed by atoms with Crippen molar-refractivity contribution in [2.45, 2.75) is 38.5 Å². The van der Waals surface area contributed by atoms with Crippen molar-refractivity contribution in [1.82, 2.24) is 0 Å². The van der Waals surface area contributed by atoms with Gasteiger partial charge in [0.15, 0.2) is 0 Å². The van der Waals surface area contributed by atoms with Gasteiger partial charge in [-0.1, -0.05) is 19.3 Å². The van der Waals surface area contributed by atoms with E-state index in [0.29, 0.717) is 6.42 Å². The van der Waals surface area contributed by atoms with Crippen molar-refractivity contribution in [2.75, 3.05) is 7.11 Å². The van der Waals surface area contributed by atoms with Gasteiger partial charge in [0.25, 0.3) is 0 Å². The molecular formula is C9H16O2. The Hall–Kier alpha value is -0.530. The minimum absolute atomic E-state index is 0.0654. The molecule has 0 aromatic heterocycles. The molecule has 1 aliphatic rings. The highest BCUT2D eigenvalue weighted by Crippen LogP contribution is 2.30. The molecule has 11 heavy (non-hydrogen) atoms. The number of hydrogen-bond donors (Lipinski definition) is 0. The Bertz CT molecular complexity index is 128. The second-order valence-corrected chi connectivity index (χ2v) is 3.27. The van der Waals surface area contributed by atoms with E-state index in [1.165, 1.54) is 32.8 Å². The van der Waals surface area contributed by atoms with Gasteiger partial charge < -0.3 is 4.74 Å². The molecule has 0 unspecified atom stereocenters. The summed E-state index contributed by atoms with van der Waals surface area (Å²) in [6, 6.07) is 0. The van der Waals surface area contributed by atoms with Gasteiger partial charge in [0.2, 0.25) is 0 Å². The summed E-state index contributed by atoms with van der Waals surface area (Å²) in [5.74, 6) is 0.851. The fourth-order valence-electron chi connectivity index (χ4n) is 1.42. The fraction of sp³-hybridized carbons (Fsp3) is 0.889. The summed E-state index contributed by atoms with van der Waals surface area (Å²) >= 11 is 0. The number of hydrogen-bond acceptors (Lipinski definition) is 2. The van der Waals surface area contributed by atoms with Gasteiger partial charge in [-0.05, 0) is 18.8 Å². The van der Waals surface area contributed by atoms with Crippen LogP contribution in [0.15, 0.2) is 0 Å². The van der Waals surface area contributed by atoms with E-state index in [0.717, 1.165) is 12.3 Å². The molecule has 0 amide bonds. The number of esters is 1. The highest BCUT2D eigenvalue weighted by atomic mass is 16.5. The number of methoxy groups -OCH3 is 1. The molecule has 1 aliphatic carbocycles. The molecule has 1 fully saturated rings. The molecule has 0 aromatic rings. The van der Waals surface area contributed by atoms with Gasteiger partial charge in [-0.2, -0.15) is 0 Å². The van der Waals surface area contributed by atoms with Gasteiger partial charge in [-0.25, -0.2) is 0 Å². The molecule has 2 nitrogen and oxygen atoms in total. The Balaban J connectivity index is 1.90. The summed E-state index contributed by atoms with van der Waals surface area (Å²) < 4.78 is 4.54. The van der Waals surface area contributed by atoms with Crippen LogP contribution < -0.4 is 0 Å². The van der Waals surface area contributed by atoms with Gasteiger partial charge in [-0.3, -0.25) is 4.79 Å². The van der Waals surface area contributed by atoms with Gasteiger partial charge >= 0.3 is 5.97 Å². The Labute approximate surface area is 67.9 Å². The molecule has 0 heterocycles. The molecule has 0 atom stereocenters. The van der Waals surface area contributed by atoms with Gasteiger partial charge in [-0.15, -0.1) is 0 Å². The van der Waals surface area contributed by atoms with Crippen molar-refractivity contribution >= 4 is 5.97 Å². The maximum absolute atomic E-state index is 10.7. The molecule has 0 N–H and O–H groups in total. The minimum atomic E-state index is -0.0654. The lowest BCUT2D eigenvalue weighted by molar-refractivity contribution is -0.140. The predicted octanol–water partition coefficient (Wildman–Crippen LogP) is 2.13. The largest absolute Gasteiger partial charge is 0.469 e. The van der Waals surface area contributed by atoms with Gasteiger partial charge in [0.1, 0.15) is 0 Å². The maximum Gasteiger partial charge on any atom is 0.305 e. The van der Waals surface area contributed by atoms with Crippen molar-refractivity contribution in [1.29, 1.82) is 0 Å². The third-order valence-electron chi connectivity index (χ3n) is 2.45. The van der Waals surface area contributed by atoms with Gasteiger partial charge in [0.05, 0.1) is 7.11 Å². The molecule has 0 spiro atoms. The lowest BCUT2D eigenvalue weighted by Gasteiger charge is -2.24. The molecule has 64 valence electrons. The molecule has 0 saturated heterocycles. The van der Waals surface area contributed by atoms with E-state index >= 15 is 0 Å². The third-order valence-corrected chi connectivity index (χ3v) is 2.45. The first-order valence-electron chi connectivity index (χ1n) is 4.39. The van der Waals surface area contributed by atoms with E-state index in [9.17, 15) is 4.79 Å². The Morgan fingerprint density at radius 1 is 1.55 bits per heavy atom. The number of rotatable bonds is 4. The summed E-state index contributed by atoms with van der Waals surface area (Å²) in [5.41, 5.74) is 0. The average molecular weight is 156 g/mol. The van der Waals surface area contributed by atoms with E-state index in [1.54, 1.807) is 0 Å². The Morgan fingerprint density at radius 3 is 2.73 bits per heavy atom. The van der Waals surface area contributed by atoms with Crippen LogP contribution in [0.25, 0.3) is 0 Å². The van der Waals surface area contributed by atoms with Crippen LogP contribution >= 0.6 is 0 Å². The lowest BCUT2D eigenvalue weighted by Crippen LogP contribution is -2.11. The summed E-state index contributed by atoms with van der Waals surface area (Å²) in [7, 11) is 1.45. The summed E-state index contributed by atoms with van der Waals surface area (Å²) in [5, 5.41) is 0. The van der Waals surface area contributed by atoms with E-state index in [4.69, 9.17) is 0 Å². The zero-order valence-electron chi connectivity index (χ0n) is 7.14. The lowest BCUT2D eigenvalue weighted by atomic mass is 9.82. The number of carbonyl (C=O) groups excluding carboxylic acids is 1. The number of ether oxygens (including phenoxy) is 1. The Morgan fingerprint density at radius 2 is 2.27 bits per heavy atom. The molecule has 0 radical (unpaired) electrons. The van der Waals surface area contributed by atoms with Crippen molar-refractivity contribution in [3.05, 3.63) is 0 Å². The smallest absolute Gasteiger partial charge is 0.305 e. The highest BCUT2D eigenvalue weighted by molar-refractivity contribution is 5.68. The van der Waals surface area contributed by atoms with Crippen LogP contribution in [0.1, 0.15) is 38.5 Å². The zero-order valence-corrected chi connectivity index (χ0v) is 7.14. The van der Waals surface area contributed by atoms with Crippen LogP contribution in [0.2, 0.25) is 0 Å². The minimum Gasteiger partial charge on any atom is -0.469 e. The van der Waals surface area contributed by atoms with Crippen LogP contribution in [0.3, 0.4) is 0 Å². The zero-order chi connectivity index (χ0) is 8.10. The standard InChI is InChI=1S/C9H16O2/c1-11-9(10)7-3-6-8-4-2-5-8/h8H,2-7H2,1H3. The van der Waals surface area contributed by atoms with Crippen molar-refractivity contribution in [3.8, 4) is 0 Å². The second kappa shape index (κ2) is 4.37. The first kappa shape index (κ1) is 8.57. The monoisotopic (exact) mass is 156 g/mol. The van der Waals surface area contributed by atoms with Gasteiger partial charge in [0, 0.05) is 6.42 Å². The first-order valence-corrected chi connectivity index (χ1v) is 4.39. The van der Waals surface area contributed by atoms with Crippen LogP contribution in [0.5, 0.6) is 0 Å². The average Bonchev–Trinajstić information content (AvgIpc) is 1.94. The molecule has 1 saturated carbocycles. The van der Waals surface area contributed by atoms with Crippen molar-refractivity contribution in [2.24, 2.45) is 5.92 Å². The predicted molar refractivity (Wildman–Crippen MR) is 43.2 cm³/mol. The van der Waals surface area contributed by atoms with Crippen molar-refractivity contribution < 1.29 is 9.53 Å². The summed E-state index contributed by atoms with van der Waals surface area (Å²) in [6.45, 7) is 0. The third kappa shape index (κ3) is 2.91. The quantitative estimate of drug-likeness (QED) is 0.583. The first-order chi connectivity index (χ1) is 5.33. The molecule has 0 aromatic carbocycles. The molecule has 1 rings (SSSR count). The molecular weight excluding hydrogens is 140 g/mol. The maximum atomic E-state index is 10.7. The van der Waals surface area contributed by atoms with Crippen LogP contribution in [-0.2, 0) is 9.53 Å². The van der Waals surface area contributed by atoms with Crippen LogP contribution in [0.4, 0.5) is 0 Å². The molecule has 0 aliphatic heterocycles. The second-order valence-electron chi connectivity index (χ2n) is 3.27. The SMILES string of the molecule is COC(=O)CCCC1CCC1. The summed E-state index contributed by atoms with van der Waals surface area (Å²) in [4.78, 5) is 10.7. The molecule has 2 heteroatoms. The highest BCUT2D eigenvalue weighted by Gasteiger charge is 2.16. The molecule has 0 bridgehead atoms. The fourth-order valence-corrected chi connectivity index (χ4v) is 1.42. The van der Waals surface area contributed by atoms with E-state index < -0.39 is 0 Å².